The van der Waals surface area contributed by atoms with Crippen LogP contribution in [-0.4, -0.2) is 17.0 Å². The van der Waals surface area contributed by atoms with Gasteiger partial charge in [0, 0.05) is 0 Å². The molecule has 3 aliphatic carbocycles. The van der Waals surface area contributed by atoms with E-state index in [4.69, 9.17) is 0 Å². The molecule has 3 saturated carbocycles. The third kappa shape index (κ3) is 7.98. The molecule has 198 valence electrons. The van der Waals surface area contributed by atoms with Gasteiger partial charge in [-0.2, -0.15) is 0 Å². The van der Waals surface area contributed by atoms with Gasteiger partial charge in [-0.15, -0.1) is 16.4 Å². The quantitative estimate of drug-likeness (QED) is 0.223. The van der Waals surface area contributed by atoms with Crippen LogP contribution in [0, 0.1) is 0 Å². The lowest BCUT2D eigenvalue weighted by molar-refractivity contribution is 0.460. The molecule has 2 heterocycles. The summed E-state index contributed by atoms with van der Waals surface area (Å²) in [5, 5.41) is 5.77. The number of fused-ring (bicyclic) bond motifs is 2. The normalized spacial score (nSPS) is 20.2. The lowest BCUT2D eigenvalue weighted by atomic mass is 9.99. The molecule has 2 atom stereocenters. The average Bonchev–Trinajstić information content (AvgIpc) is 3.66. The molecule has 0 amide bonds. The maximum Gasteiger partial charge on any atom is -0.00183 e. The van der Waals surface area contributed by atoms with Crippen LogP contribution in [0.25, 0.3) is 21.0 Å². The van der Waals surface area contributed by atoms with Crippen LogP contribution < -0.4 is 0 Å². The summed E-state index contributed by atoms with van der Waals surface area (Å²) in [6, 6.07) is 21.4. The van der Waals surface area contributed by atoms with Crippen LogP contribution in [0.15, 0.2) is 72.3 Å². The summed E-state index contributed by atoms with van der Waals surface area (Å²) in [4.78, 5) is 0. The largest absolute Gasteiger partial charge is 0.132 e. The predicted molar refractivity (Wildman–Crippen MR) is 174 cm³/mol. The van der Waals surface area contributed by atoms with Crippen LogP contribution in [0.1, 0.15) is 96.3 Å². The zero-order valence-corrected chi connectivity index (χ0v) is 25.6. The molecular weight excluding hydrogens is 501 g/mol. The van der Waals surface area contributed by atoms with Gasteiger partial charge in [0.15, 0.2) is 0 Å². The van der Waals surface area contributed by atoms with Crippen LogP contribution in [0.3, 0.4) is 0 Å². The van der Waals surface area contributed by atoms with E-state index in [-0.39, 0.29) is 0 Å². The first kappa shape index (κ1) is 27.5. The van der Waals surface area contributed by atoms with E-state index < -0.39 is 0 Å². The Kier molecular flexibility index (Phi) is 11.1. The molecule has 3 aliphatic rings. The van der Waals surface area contributed by atoms with Crippen molar-refractivity contribution < 1.29 is 0 Å². The summed E-state index contributed by atoms with van der Waals surface area (Å²) in [7, 11) is 2.18. The third-order valence-corrected chi connectivity index (χ3v) is 15.2. The van der Waals surface area contributed by atoms with Crippen molar-refractivity contribution in [3.8, 4) is 0 Å². The van der Waals surface area contributed by atoms with Crippen molar-refractivity contribution in [3.63, 3.8) is 0 Å². The Morgan fingerprint density at radius 1 is 0.432 bits per heavy atom. The van der Waals surface area contributed by atoms with E-state index in [0.29, 0.717) is 7.92 Å². The summed E-state index contributed by atoms with van der Waals surface area (Å²) in [5.74, 6) is 4.45. The Hall–Kier alpha value is -1.05. The number of hydrogen-bond donors (Lipinski definition) is 0. The van der Waals surface area contributed by atoms with Gasteiger partial charge in [-0.3, -0.25) is 0 Å². The van der Waals surface area contributed by atoms with Crippen molar-refractivity contribution in [3.05, 3.63) is 72.3 Å². The lowest BCUT2D eigenvalue weighted by Gasteiger charge is -2.44. The molecule has 3 fully saturated rings. The minimum atomic E-state index is 0.385. The fraction of sp³-hybridized carbons (Fsp3) is 0.529. The molecule has 0 bridgehead atoms. The second-order valence-electron chi connectivity index (χ2n) is 11.5. The van der Waals surface area contributed by atoms with E-state index >= 15 is 0 Å². The zero-order valence-electron chi connectivity index (χ0n) is 22.7. The van der Waals surface area contributed by atoms with Gasteiger partial charge in [-0.25, -0.2) is 0 Å². The third-order valence-electron chi connectivity index (χ3n) is 8.91. The van der Waals surface area contributed by atoms with Crippen molar-refractivity contribution >= 4 is 45.3 Å². The SMILES string of the molecule is C1CCC(P(C2CCCCC2)C2CCCCC2)CC1.c1ccc2[pH]ccc2c1.c1ccc2[pH]ccc2c1. The number of hydrogen-bond acceptors (Lipinski definition) is 0. The second-order valence-corrected chi connectivity index (χ2v) is 16.9. The zero-order chi connectivity index (χ0) is 25.1. The van der Waals surface area contributed by atoms with E-state index in [2.05, 4.69) is 72.3 Å². The predicted octanol–water partition coefficient (Wildman–Crippen LogP) is 12.2. The summed E-state index contributed by atoms with van der Waals surface area (Å²) in [5.41, 5.74) is 3.57. The molecule has 2 aromatic carbocycles. The van der Waals surface area contributed by atoms with Crippen LogP contribution in [0.2, 0.25) is 0 Å². The van der Waals surface area contributed by atoms with Crippen molar-refractivity contribution in [2.24, 2.45) is 0 Å². The average molecular weight is 549 g/mol. The molecule has 0 nitrogen and oxygen atoms in total. The monoisotopic (exact) mass is 548 g/mol. The minimum absolute atomic E-state index is 0.385. The highest BCUT2D eigenvalue weighted by Gasteiger charge is 2.36. The van der Waals surface area contributed by atoms with Gasteiger partial charge in [0.05, 0.1) is 0 Å². The first-order valence-electron chi connectivity index (χ1n) is 15.2. The van der Waals surface area contributed by atoms with E-state index in [1.807, 2.05) is 0 Å². The molecule has 0 saturated heterocycles. The van der Waals surface area contributed by atoms with Crippen molar-refractivity contribution in [2.45, 2.75) is 113 Å². The van der Waals surface area contributed by atoms with Crippen molar-refractivity contribution in [1.29, 1.82) is 0 Å². The Labute approximate surface area is 230 Å². The van der Waals surface area contributed by atoms with Gasteiger partial charge >= 0.3 is 0 Å². The van der Waals surface area contributed by atoms with Gasteiger partial charge < -0.3 is 0 Å². The Morgan fingerprint density at radius 2 is 0.784 bits per heavy atom. The molecular formula is C34H47P3. The summed E-state index contributed by atoms with van der Waals surface area (Å²) < 4.78 is 0. The molecule has 0 aliphatic heterocycles. The van der Waals surface area contributed by atoms with E-state index in [9.17, 15) is 0 Å². The van der Waals surface area contributed by atoms with E-state index in [1.54, 1.807) is 77.0 Å². The van der Waals surface area contributed by atoms with E-state index in [0.717, 1.165) is 16.4 Å². The molecule has 0 radical (unpaired) electrons. The van der Waals surface area contributed by atoms with Gasteiger partial charge in [0.25, 0.3) is 0 Å². The summed E-state index contributed by atoms with van der Waals surface area (Å²) in [6.45, 7) is 0. The number of rotatable bonds is 3. The Bertz CT molecular complexity index is 987. The van der Waals surface area contributed by atoms with Crippen LogP contribution in [-0.2, 0) is 0 Å². The highest BCUT2D eigenvalue weighted by atomic mass is 31.1. The molecule has 37 heavy (non-hydrogen) atoms. The molecule has 0 N–H and O–H groups in total. The fourth-order valence-corrected chi connectivity index (χ4v) is 13.6. The maximum atomic E-state index is 2.23. The minimum Gasteiger partial charge on any atom is -0.132 e. The smallest absolute Gasteiger partial charge is 0.00183 e. The van der Waals surface area contributed by atoms with Gasteiger partial charge in [-0.1, -0.05) is 126 Å². The molecule has 4 aromatic rings. The first-order valence-corrected chi connectivity index (χ1v) is 18.9. The number of benzene rings is 2. The molecule has 2 aromatic heterocycles. The van der Waals surface area contributed by atoms with Gasteiger partial charge in [-0.05, 0) is 88.1 Å². The van der Waals surface area contributed by atoms with Crippen molar-refractivity contribution in [1.82, 2.24) is 0 Å². The molecule has 2 unspecified atom stereocenters. The molecule has 3 heteroatoms. The van der Waals surface area contributed by atoms with Crippen LogP contribution in [0.4, 0.5) is 0 Å². The summed E-state index contributed by atoms with van der Waals surface area (Å²) in [6.07, 6.45) is 23.6. The van der Waals surface area contributed by atoms with E-state index in [1.165, 1.54) is 57.2 Å². The van der Waals surface area contributed by atoms with Gasteiger partial charge in [0.1, 0.15) is 0 Å². The molecule has 7 rings (SSSR count). The maximum absolute atomic E-state index is 2.23. The topological polar surface area (TPSA) is 0 Å². The van der Waals surface area contributed by atoms with Gasteiger partial charge in [0.2, 0.25) is 0 Å². The Balaban J connectivity index is 0.000000129. The second kappa shape index (κ2) is 14.9. The highest BCUT2D eigenvalue weighted by Crippen LogP contribution is 2.61. The standard InChI is InChI=1S/C18H33P.2C8H7P/c1-4-10-16(11-5-1)19(17-12-6-2-7-13-17)18-14-8-3-9-15-18;2*1-2-4-8-7(3-1)5-6-9-8/h16-18H,1-15H2;2*1-6,9H. The highest BCUT2D eigenvalue weighted by molar-refractivity contribution is 7.60. The fourth-order valence-electron chi connectivity index (χ4n) is 7.02. The van der Waals surface area contributed by atoms with Crippen LogP contribution in [0.5, 0.6) is 0 Å². The molecule has 0 spiro atoms. The Morgan fingerprint density at radius 3 is 1.14 bits per heavy atom. The summed E-state index contributed by atoms with van der Waals surface area (Å²) >= 11 is 0. The first-order chi connectivity index (χ1) is 18.4. The lowest BCUT2D eigenvalue weighted by Crippen LogP contribution is -2.28. The van der Waals surface area contributed by atoms with Crippen molar-refractivity contribution in [2.75, 3.05) is 0 Å². The van der Waals surface area contributed by atoms with Crippen LogP contribution >= 0.6 is 24.3 Å².